The average molecular weight is 219 g/mol. The van der Waals surface area contributed by atoms with E-state index >= 15 is 0 Å². The highest BCUT2D eigenvalue weighted by Gasteiger charge is 2.12. The highest BCUT2D eigenvalue weighted by Crippen LogP contribution is 2.28. The smallest absolute Gasteiger partial charge is 0.252 e. The Kier molecular flexibility index (Phi) is 3.01. The Balaban J connectivity index is 3.28. The van der Waals surface area contributed by atoms with Crippen molar-refractivity contribution in [3.63, 3.8) is 0 Å². The highest BCUT2D eigenvalue weighted by atomic mass is 35.5. The second-order valence-electron chi connectivity index (χ2n) is 2.44. The summed E-state index contributed by atoms with van der Waals surface area (Å²) in [7, 11) is 1.51. The molecule has 0 saturated carbocycles. The Hall–Kier alpha value is -0.930. The van der Waals surface area contributed by atoms with Gasteiger partial charge in [-0.15, -0.1) is 0 Å². The first-order valence-electron chi connectivity index (χ1n) is 3.53. The van der Waals surface area contributed by atoms with Gasteiger partial charge in [0.1, 0.15) is 0 Å². The third-order valence-corrected chi connectivity index (χ3v) is 2.32. The molecule has 0 atom stereocenters. The minimum absolute atomic E-state index is 0.218. The number of nitrogens with one attached hydrogen (secondary N) is 1. The molecule has 0 saturated heterocycles. The van der Waals surface area contributed by atoms with Gasteiger partial charge in [-0.25, -0.2) is 0 Å². The van der Waals surface area contributed by atoms with Gasteiger partial charge in [0.15, 0.2) is 0 Å². The van der Waals surface area contributed by atoms with Gasteiger partial charge >= 0.3 is 0 Å². The fourth-order valence-corrected chi connectivity index (χ4v) is 1.33. The number of halogens is 2. The average Bonchev–Trinajstić information content (AvgIpc) is 2.10. The van der Waals surface area contributed by atoms with Gasteiger partial charge in [-0.1, -0.05) is 23.2 Å². The van der Waals surface area contributed by atoms with E-state index < -0.39 is 0 Å². The first-order chi connectivity index (χ1) is 6.06. The van der Waals surface area contributed by atoms with Crippen molar-refractivity contribution in [2.24, 2.45) is 0 Å². The molecule has 0 bridgehead atoms. The van der Waals surface area contributed by atoms with Crippen molar-refractivity contribution in [1.82, 2.24) is 5.32 Å². The molecule has 1 aromatic rings. The number of benzene rings is 1. The zero-order chi connectivity index (χ0) is 10.0. The van der Waals surface area contributed by atoms with Crippen LogP contribution in [0.2, 0.25) is 10.0 Å². The van der Waals surface area contributed by atoms with Crippen LogP contribution in [-0.4, -0.2) is 13.0 Å². The number of anilines is 1. The number of carbonyl (C=O) groups excluding carboxylic acids is 1. The van der Waals surface area contributed by atoms with Crippen LogP contribution < -0.4 is 11.1 Å². The summed E-state index contributed by atoms with van der Waals surface area (Å²) in [5, 5.41) is 2.93. The predicted octanol–water partition coefficient (Wildman–Crippen LogP) is 1.94. The van der Waals surface area contributed by atoms with Gasteiger partial charge in [0, 0.05) is 12.7 Å². The Morgan fingerprint density at radius 1 is 1.46 bits per heavy atom. The van der Waals surface area contributed by atoms with Gasteiger partial charge < -0.3 is 11.1 Å². The van der Waals surface area contributed by atoms with Crippen LogP contribution in [0.3, 0.4) is 0 Å². The van der Waals surface area contributed by atoms with Crippen LogP contribution in [0.5, 0.6) is 0 Å². The molecule has 1 rings (SSSR count). The molecule has 3 N–H and O–H groups in total. The Morgan fingerprint density at radius 3 is 2.62 bits per heavy atom. The van der Waals surface area contributed by atoms with Crippen LogP contribution in [0, 0.1) is 0 Å². The third kappa shape index (κ3) is 2.05. The first kappa shape index (κ1) is 10.2. The van der Waals surface area contributed by atoms with E-state index in [0.717, 1.165) is 0 Å². The molecule has 0 radical (unpaired) electrons. The van der Waals surface area contributed by atoms with Crippen LogP contribution >= 0.6 is 23.2 Å². The number of hydrogen-bond acceptors (Lipinski definition) is 2. The monoisotopic (exact) mass is 218 g/mol. The van der Waals surface area contributed by atoms with E-state index in [1.807, 2.05) is 0 Å². The van der Waals surface area contributed by atoms with E-state index in [9.17, 15) is 4.79 Å². The molecule has 0 aliphatic heterocycles. The maximum Gasteiger partial charge on any atom is 0.252 e. The zero-order valence-electron chi connectivity index (χ0n) is 6.90. The standard InChI is InChI=1S/C8H8Cl2N2O/c1-12-8(13)5-2-4(11)3-6(9)7(5)10/h2-3H,11H2,1H3,(H,12,13). The van der Waals surface area contributed by atoms with Gasteiger partial charge in [0.25, 0.3) is 5.91 Å². The zero-order valence-corrected chi connectivity index (χ0v) is 8.41. The fourth-order valence-electron chi connectivity index (χ4n) is 0.910. The molecule has 5 heteroatoms. The highest BCUT2D eigenvalue weighted by molar-refractivity contribution is 6.44. The molecule has 0 fully saturated rings. The molecule has 0 spiro atoms. The fraction of sp³-hybridized carbons (Fsp3) is 0.125. The largest absolute Gasteiger partial charge is 0.399 e. The van der Waals surface area contributed by atoms with Crippen molar-refractivity contribution in [3.05, 3.63) is 27.7 Å². The summed E-state index contributed by atoms with van der Waals surface area (Å²) in [6.07, 6.45) is 0. The lowest BCUT2D eigenvalue weighted by atomic mass is 10.2. The molecule has 1 aromatic carbocycles. The molecule has 0 aliphatic rings. The number of carbonyl (C=O) groups is 1. The molecule has 1 amide bonds. The van der Waals surface area contributed by atoms with E-state index in [1.165, 1.54) is 19.2 Å². The predicted molar refractivity (Wildman–Crippen MR) is 54.3 cm³/mol. The number of nitrogens with two attached hydrogens (primary N) is 1. The topological polar surface area (TPSA) is 55.1 Å². The molecule has 0 unspecified atom stereocenters. The van der Waals surface area contributed by atoms with E-state index in [0.29, 0.717) is 5.69 Å². The van der Waals surface area contributed by atoms with Crippen LogP contribution in [0.1, 0.15) is 10.4 Å². The minimum atomic E-state index is -0.306. The van der Waals surface area contributed by atoms with E-state index in [1.54, 1.807) is 0 Å². The van der Waals surface area contributed by atoms with E-state index in [-0.39, 0.29) is 21.5 Å². The van der Waals surface area contributed by atoms with E-state index in [4.69, 9.17) is 28.9 Å². The number of nitrogen functional groups attached to an aromatic ring is 1. The molecule has 0 aromatic heterocycles. The SMILES string of the molecule is CNC(=O)c1cc(N)cc(Cl)c1Cl. The van der Waals surface area contributed by atoms with Crippen LogP contribution in [0.4, 0.5) is 5.69 Å². The van der Waals surface area contributed by atoms with Crippen molar-refractivity contribution < 1.29 is 4.79 Å². The van der Waals surface area contributed by atoms with Gasteiger partial charge in [-0.2, -0.15) is 0 Å². The summed E-state index contributed by atoms with van der Waals surface area (Å²) < 4.78 is 0. The van der Waals surface area contributed by atoms with E-state index in [2.05, 4.69) is 5.32 Å². The van der Waals surface area contributed by atoms with Crippen LogP contribution in [0.15, 0.2) is 12.1 Å². The molecule has 70 valence electrons. The van der Waals surface area contributed by atoms with Crippen molar-refractivity contribution in [2.75, 3.05) is 12.8 Å². The summed E-state index contributed by atoms with van der Waals surface area (Å²) in [5.74, 6) is -0.306. The molecule has 3 nitrogen and oxygen atoms in total. The van der Waals surface area contributed by atoms with Crippen molar-refractivity contribution in [1.29, 1.82) is 0 Å². The lowest BCUT2D eigenvalue weighted by Crippen LogP contribution is -2.18. The summed E-state index contributed by atoms with van der Waals surface area (Å²) in [6.45, 7) is 0. The number of rotatable bonds is 1. The number of amides is 1. The van der Waals surface area contributed by atoms with Crippen molar-refractivity contribution in [3.8, 4) is 0 Å². The summed E-state index contributed by atoms with van der Waals surface area (Å²) in [5.41, 5.74) is 6.19. The maximum absolute atomic E-state index is 11.2. The Bertz CT molecular complexity index is 352. The molecule has 13 heavy (non-hydrogen) atoms. The molecular weight excluding hydrogens is 211 g/mol. The van der Waals surface area contributed by atoms with Crippen LogP contribution in [-0.2, 0) is 0 Å². The maximum atomic E-state index is 11.2. The normalized spacial score (nSPS) is 9.77. The Morgan fingerprint density at radius 2 is 2.08 bits per heavy atom. The lowest BCUT2D eigenvalue weighted by Gasteiger charge is -2.05. The van der Waals surface area contributed by atoms with Gasteiger partial charge in [0.2, 0.25) is 0 Å². The summed E-state index contributed by atoms with van der Waals surface area (Å²) >= 11 is 11.5. The molecule has 0 aliphatic carbocycles. The van der Waals surface area contributed by atoms with Crippen LogP contribution in [0.25, 0.3) is 0 Å². The third-order valence-electron chi connectivity index (χ3n) is 1.52. The molecular formula is C8H8Cl2N2O. The second-order valence-corrected chi connectivity index (χ2v) is 3.23. The lowest BCUT2D eigenvalue weighted by molar-refractivity contribution is 0.0963. The minimum Gasteiger partial charge on any atom is -0.399 e. The summed E-state index contributed by atoms with van der Waals surface area (Å²) in [6, 6.07) is 2.98. The van der Waals surface area contributed by atoms with Crippen molar-refractivity contribution in [2.45, 2.75) is 0 Å². The first-order valence-corrected chi connectivity index (χ1v) is 4.28. The van der Waals surface area contributed by atoms with Gasteiger partial charge in [-0.05, 0) is 12.1 Å². The summed E-state index contributed by atoms with van der Waals surface area (Å²) in [4.78, 5) is 11.2. The quantitative estimate of drug-likeness (QED) is 0.709. The van der Waals surface area contributed by atoms with Gasteiger partial charge in [-0.3, -0.25) is 4.79 Å². The Labute approximate surface area is 85.8 Å². The number of hydrogen-bond donors (Lipinski definition) is 2. The van der Waals surface area contributed by atoms with Crippen molar-refractivity contribution >= 4 is 34.8 Å². The molecule has 0 heterocycles. The van der Waals surface area contributed by atoms with Gasteiger partial charge in [0.05, 0.1) is 15.6 Å². The second kappa shape index (κ2) is 3.85.